The molecule has 2 fully saturated rings. The van der Waals surface area contributed by atoms with Gasteiger partial charge in [0.25, 0.3) is 0 Å². The number of carbonyl (C=O) groups excluding carboxylic acids is 1. The molecule has 2 heterocycles. The Labute approximate surface area is 179 Å². The van der Waals surface area contributed by atoms with Gasteiger partial charge in [0.1, 0.15) is 5.82 Å². The van der Waals surface area contributed by atoms with E-state index in [4.69, 9.17) is 11.6 Å². The monoisotopic (exact) mass is 413 g/mol. The third kappa shape index (κ3) is 4.09. The highest BCUT2D eigenvalue weighted by Gasteiger charge is 2.45. The highest BCUT2D eigenvalue weighted by molar-refractivity contribution is 6.30. The van der Waals surface area contributed by atoms with E-state index in [2.05, 4.69) is 46.6 Å². The minimum Gasteiger partial charge on any atom is -0.342 e. The number of amides is 1. The van der Waals surface area contributed by atoms with Gasteiger partial charge in [-0.1, -0.05) is 50.4 Å². The molecule has 4 nitrogen and oxygen atoms in total. The zero-order valence-electron chi connectivity index (χ0n) is 17.6. The second kappa shape index (κ2) is 8.51. The van der Waals surface area contributed by atoms with Gasteiger partial charge in [-0.05, 0) is 49.3 Å². The topological polar surface area (TPSA) is 38.1 Å². The highest BCUT2D eigenvalue weighted by Crippen LogP contribution is 2.43. The van der Waals surface area contributed by atoms with Gasteiger partial charge in [0.05, 0.1) is 5.41 Å². The largest absolute Gasteiger partial charge is 0.342 e. The molecule has 1 saturated heterocycles. The van der Waals surface area contributed by atoms with E-state index < -0.39 is 0 Å². The van der Waals surface area contributed by atoms with Gasteiger partial charge in [0.2, 0.25) is 5.91 Å². The third-order valence-electron chi connectivity index (χ3n) is 6.88. The Balaban J connectivity index is 1.42. The summed E-state index contributed by atoms with van der Waals surface area (Å²) in [6.07, 6.45) is 10.3. The lowest BCUT2D eigenvalue weighted by atomic mass is 9.77. The van der Waals surface area contributed by atoms with Crippen molar-refractivity contribution in [2.24, 2.45) is 5.92 Å². The first kappa shape index (κ1) is 20.5. The molecule has 0 bridgehead atoms. The van der Waals surface area contributed by atoms with Crippen LogP contribution in [0.3, 0.4) is 0 Å². The average Bonchev–Trinajstić information content (AvgIpc) is 3.39. The molecule has 1 aliphatic heterocycles. The number of halogens is 1. The van der Waals surface area contributed by atoms with Crippen LogP contribution in [0.25, 0.3) is 0 Å². The number of carbonyl (C=O) groups is 1. The molecule has 0 radical (unpaired) electrons. The summed E-state index contributed by atoms with van der Waals surface area (Å²) < 4.78 is 2.30. The Hall–Kier alpha value is -1.81. The summed E-state index contributed by atoms with van der Waals surface area (Å²) in [4.78, 5) is 20.3. The molecular weight excluding hydrogens is 382 g/mol. The van der Waals surface area contributed by atoms with Crippen molar-refractivity contribution in [3.05, 3.63) is 53.1 Å². The summed E-state index contributed by atoms with van der Waals surface area (Å²) in [6.45, 7) is 7.13. The zero-order chi connectivity index (χ0) is 20.4. The third-order valence-corrected chi connectivity index (χ3v) is 7.14. The minimum atomic E-state index is -0.341. The van der Waals surface area contributed by atoms with Crippen LogP contribution in [0.4, 0.5) is 0 Å². The number of rotatable bonds is 5. The molecule has 2 aromatic rings. The van der Waals surface area contributed by atoms with E-state index in [0.29, 0.717) is 17.7 Å². The van der Waals surface area contributed by atoms with Crippen LogP contribution in [0.5, 0.6) is 0 Å². The summed E-state index contributed by atoms with van der Waals surface area (Å²) in [5.41, 5.74) is 0.804. The SMILES string of the molecule is CC(C)c1nccn1CC1CCN(C(=O)C2(c3ccc(Cl)cc3)CCCC2)CC1. The van der Waals surface area contributed by atoms with Crippen LogP contribution in [0.2, 0.25) is 5.02 Å². The molecule has 0 unspecified atom stereocenters. The molecule has 1 aromatic carbocycles. The average molecular weight is 414 g/mol. The molecule has 1 amide bonds. The number of hydrogen-bond donors (Lipinski definition) is 0. The van der Waals surface area contributed by atoms with Gasteiger partial charge < -0.3 is 9.47 Å². The van der Waals surface area contributed by atoms with Gasteiger partial charge in [-0.15, -0.1) is 0 Å². The number of nitrogens with zero attached hydrogens (tertiary/aromatic N) is 3. The van der Waals surface area contributed by atoms with E-state index in [1.807, 2.05) is 18.3 Å². The number of hydrogen-bond acceptors (Lipinski definition) is 2. The van der Waals surface area contributed by atoms with Gasteiger partial charge in [0.15, 0.2) is 0 Å². The fourth-order valence-electron chi connectivity index (χ4n) is 5.25. The van der Waals surface area contributed by atoms with Crippen molar-refractivity contribution in [3.63, 3.8) is 0 Å². The predicted octanol–water partition coefficient (Wildman–Crippen LogP) is 5.41. The van der Waals surface area contributed by atoms with Gasteiger partial charge >= 0.3 is 0 Å². The van der Waals surface area contributed by atoms with Crippen molar-refractivity contribution in [3.8, 4) is 0 Å². The Morgan fingerprint density at radius 1 is 1.17 bits per heavy atom. The fourth-order valence-corrected chi connectivity index (χ4v) is 5.37. The zero-order valence-corrected chi connectivity index (χ0v) is 18.4. The van der Waals surface area contributed by atoms with Crippen LogP contribution in [-0.2, 0) is 16.8 Å². The summed E-state index contributed by atoms with van der Waals surface area (Å²) in [5.74, 6) is 2.55. The van der Waals surface area contributed by atoms with Crippen LogP contribution >= 0.6 is 11.6 Å². The lowest BCUT2D eigenvalue weighted by Gasteiger charge is -2.39. The summed E-state index contributed by atoms with van der Waals surface area (Å²) in [5, 5.41) is 0.732. The molecular formula is C24H32ClN3O. The second-order valence-electron chi connectivity index (χ2n) is 9.12. The lowest BCUT2D eigenvalue weighted by molar-refractivity contribution is -0.138. The fraction of sp³-hybridized carbons (Fsp3) is 0.583. The molecule has 5 heteroatoms. The quantitative estimate of drug-likeness (QED) is 0.657. The Morgan fingerprint density at radius 2 is 1.83 bits per heavy atom. The molecule has 1 aromatic heterocycles. The van der Waals surface area contributed by atoms with Gasteiger partial charge in [-0.3, -0.25) is 4.79 Å². The predicted molar refractivity (Wildman–Crippen MR) is 117 cm³/mol. The van der Waals surface area contributed by atoms with Crippen molar-refractivity contribution >= 4 is 17.5 Å². The molecule has 0 atom stereocenters. The molecule has 1 aliphatic carbocycles. The number of piperidine rings is 1. The van der Waals surface area contributed by atoms with E-state index in [0.717, 1.165) is 74.6 Å². The second-order valence-corrected chi connectivity index (χ2v) is 9.56. The maximum Gasteiger partial charge on any atom is 0.233 e. The molecule has 0 N–H and O–H groups in total. The molecule has 2 aliphatic rings. The van der Waals surface area contributed by atoms with Crippen LogP contribution in [-0.4, -0.2) is 33.4 Å². The number of benzene rings is 1. The van der Waals surface area contributed by atoms with Crippen molar-refractivity contribution in [2.45, 2.75) is 70.3 Å². The minimum absolute atomic E-state index is 0.335. The Bertz CT molecular complexity index is 828. The van der Waals surface area contributed by atoms with Crippen LogP contribution in [0.1, 0.15) is 69.7 Å². The molecule has 29 heavy (non-hydrogen) atoms. The van der Waals surface area contributed by atoms with E-state index in [1.54, 1.807) is 0 Å². The van der Waals surface area contributed by atoms with Gasteiger partial charge in [-0.25, -0.2) is 4.98 Å². The first-order valence-electron chi connectivity index (χ1n) is 11.1. The lowest BCUT2D eigenvalue weighted by Crippen LogP contribution is -2.48. The molecule has 4 rings (SSSR count). The normalized spacial score (nSPS) is 19.8. The first-order chi connectivity index (χ1) is 14.0. The van der Waals surface area contributed by atoms with E-state index >= 15 is 0 Å². The van der Waals surface area contributed by atoms with Crippen molar-refractivity contribution in [1.82, 2.24) is 14.5 Å². The highest BCUT2D eigenvalue weighted by atomic mass is 35.5. The van der Waals surface area contributed by atoms with Crippen LogP contribution in [0.15, 0.2) is 36.7 Å². The molecule has 1 saturated carbocycles. The maximum absolute atomic E-state index is 13.7. The van der Waals surface area contributed by atoms with E-state index in [9.17, 15) is 4.79 Å². The number of imidazole rings is 1. The Kier molecular flexibility index (Phi) is 6.00. The first-order valence-corrected chi connectivity index (χ1v) is 11.4. The molecule has 0 spiro atoms. The summed E-state index contributed by atoms with van der Waals surface area (Å²) >= 11 is 6.10. The van der Waals surface area contributed by atoms with Crippen molar-refractivity contribution in [1.29, 1.82) is 0 Å². The van der Waals surface area contributed by atoms with Gasteiger partial charge in [0, 0.05) is 43.0 Å². The van der Waals surface area contributed by atoms with E-state index in [1.165, 1.54) is 0 Å². The smallest absolute Gasteiger partial charge is 0.233 e. The summed E-state index contributed by atoms with van der Waals surface area (Å²) in [6, 6.07) is 7.97. The number of likely N-dealkylation sites (tertiary alicyclic amines) is 1. The van der Waals surface area contributed by atoms with Crippen molar-refractivity contribution < 1.29 is 4.79 Å². The van der Waals surface area contributed by atoms with Crippen molar-refractivity contribution in [2.75, 3.05) is 13.1 Å². The van der Waals surface area contributed by atoms with Gasteiger partial charge in [-0.2, -0.15) is 0 Å². The maximum atomic E-state index is 13.7. The standard InChI is InChI=1S/C24H32ClN3O/c1-18(2)22-26-13-16-28(22)17-19-9-14-27(15-10-19)23(29)24(11-3-4-12-24)20-5-7-21(25)8-6-20/h5-8,13,16,18-19H,3-4,9-12,14-15,17H2,1-2H3. The number of aromatic nitrogens is 2. The van der Waals surface area contributed by atoms with E-state index in [-0.39, 0.29) is 5.41 Å². The summed E-state index contributed by atoms with van der Waals surface area (Å²) in [7, 11) is 0. The molecule has 156 valence electrons. The Morgan fingerprint density at radius 3 is 2.45 bits per heavy atom. The van der Waals surface area contributed by atoms with Crippen LogP contribution < -0.4 is 0 Å². The van der Waals surface area contributed by atoms with Crippen LogP contribution in [0, 0.1) is 5.92 Å².